The summed E-state index contributed by atoms with van der Waals surface area (Å²) in [4.78, 5) is 22.7. The van der Waals surface area contributed by atoms with Gasteiger partial charge in [0, 0.05) is 17.8 Å². The highest BCUT2D eigenvalue weighted by atomic mass is 16.4. The Hall–Kier alpha value is -1.58. The van der Waals surface area contributed by atoms with Crippen LogP contribution in [0, 0.1) is 0 Å². The number of carbonyl (C=O) groups is 1. The third kappa shape index (κ3) is 1.87. The maximum absolute atomic E-state index is 11.8. The van der Waals surface area contributed by atoms with E-state index in [0.717, 1.165) is 18.5 Å². The average Bonchev–Trinajstić information content (AvgIpc) is 2.98. The number of hydrogen-bond acceptors (Lipinski definition) is 2. The molecule has 0 atom stereocenters. The maximum atomic E-state index is 11.8. The summed E-state index contributed by atoms with van der Waals surface area (Å²) in [6, 6.07) is 2.92. The van der Waals surface area contributed by atoms with Crippen molar-refractivity contribution in [2.24, 2.45) is 0 Å². The second-order valence-corrected chi connectivity index (χ2v) is 4.55. The second kappa shape index (κ2) is 3.77. The van der Waals surface area contributed by atoms with Gasteiger partial charge in [0.25, 0.3) is 5.56 Å². The predicted octanol–water partition coefficient (Wildman–Crippen LogP) is 2.00. The van der Waals surface area contributed by atoms with Crippen molar-refractivity contribution in [2.45, 2.75) is 38.6 Å². The molecule has 86 valence electrons. The first-order valence-electron chi connectivity index (χ1n) is 5.50. The third-order valence-corrected chi connectivity index (χ3v) is 2.86. The summed E-state index contributed by atoms with van der Waals surface area (Å²) in [5.41, 5.74) is 0.764. The highest BCUT2D eigenvalue weighted by Crippen LogP contribution is 2.40. The number of carboxylic acids is 1. The topological polar surface area (TPSA) is 59.3 Å². The van der Waals surface area contributed by atoms with E-state index in [-0.39, 0.29) is 17.2 Å². The van der Waals surface area contributed by atoms with Gasteiger partial charge in [-0.25, -0.2) is 4.79 Å². The summed E-state index contributed by atoms with van der Waals surface area (Å²) in [7, 11) is 0. The van der Waals surface area contributed by atoms with Crippen LogP contribution in [-0.2, 0) is 0 Å². The summed E-state index contributed by atoms with van der Waals surface area (Å²) < 4.78 is 1.70. The fourth-order valence-corrected chi connectivity index (χ4v) is 1.97. The van der Waals surface area contributed by atoms with Gasteiger partial charge in [-0.1, -0.05) is 0 Å². The standard InChI is InChI=1S/C12H15NO3/c1-7(2)13-10(8-3-4-8)5-9(12(15)16)6-11(13)14/h5-8H,3-4H2,1-2H3,(H,15,16). The lowest BCUT2D eigenvalue weighted by Crippen LogP contribution is -2.25. The molecular weight excluding hydrogens is 206 g/mol. The minimum atomic E-state index is -1.03. The fraction of sp³-hybridized carbons (Fsp3) is 0.500. The molecule has 2 rings (SSSR count). The quantitative estimate of drug-likeness (QED) is 0.849. The molecular formula is C12H15NO3. The Morgan fingerprint density at radius 1 is 1.44 bits per heavy atom. The zero-order valence-corrected chi connectivity index (χ0v) is 9.43. The summed E-state index contributed by atoms with van der Waals surface area (Å²) in [6.07, 6.45) is 2.10. The van der Waals surface area contributed by atoms with Crippen LogP contribution in [0.1, 0.15) is 54.7 Å². The van der Waals surface area contributed by atoms with Crippen LogP contribution in [-0.4, -0.2) is 15.6 Å². The molecule has 0 aliphatic heterocycles. The average molecular weight is 221 g/mol. The molecule has 4 nitrogen and oxygen atoms in total. The lowest BCUT2D eigenvalue weighted by atomic mass is 10.1. The smallest absolute Gasteiger partial charge is 0.335 e. The van der Waals surface area contributed by atoms with Crippen molar-refractivity contribution in [3.63, 3.8) is 0 Å². The molecule has 1 N–H and O–H groups in total. The Morgan fingerprint density at radius 3 is 2.50 bits per heavy atom. The molecule has 0 spiro atoms. The van der Waals surface area contributed by atoms with Gasteiger partial charge in [-0.3, -0.25) is 4.79 Å². The van der Waals surface area contributed by atoms with Crippen molar-refractivity contribution in [2.75, 3.05) is 0 Å². The van der Waals surface area contributed by atoms with Gasteiger partial charge in [0.05, 0.1) is 5.56 Å². The Labute approximate surface area is 93.5 Å². The van der Waals surface area contributed by atoms with E-state index >= 15 is 0 Å². The molecule has 1 aromatic rings. The highest BCUT2D eigenvalue weighted by Gasteiger charge is 2.28. The Balaban J connectivity index is 2.61. The number of aromatic carboxylic acids is 1. The van der Waals surface area contributed by atoms with Crippen LogP contribution in [0.2, 0.25) is 0 Å². The van der Waals surface area contributed by atoms with Gasteiger partial charge in [-0.15, -0.1) is 0 Å². The molecule has 0 saturated heterocycles. The van der Waals surface area contributed by atoms with Crippen LogP contribution in [0.15, 0.2) is 16.9 Å². The van der Waals surface area contributed by atoms with Crippen molar-refractivity contribution in [1.82, 2.24) is 4.57 Å². The van der Waals surface area contributed by atoms with Crippen LogP contribution >= 0.6 is 0 Å². The summed E-state index contributed by atoms with van der Waals surface area (Å²) in [5.74, 6) is -0.663. The molecule has 0 radical (unpaired) electrons. The minimum Gasteiger partial charge on any atom is -0.478 e. The van der Waals surface area contributed by atoms with Crippen LogP contribution in [0.5, 0.6) is 0 Å². The van der Waals surface area contributed by atoms with Gasteiger partial charge in [0.1, 0.15) is 0 Å². The molecule has 1 heterocycles. The van der Waals surface area contributed by atoms with Gasteiger partial charge in [-0.2, -0.15) is 0 Å². The van der Waals surface area contributed by atoms with E-state index in [0.29, 0.717) is 5.92 Å². The lowest BCUT2D eigenvalue weighted by Gasteiger charge is -2.16. The number of rotatable bonds is 3. The minimum absolute atomic E-state index is 0.0749. The highest BCUT2D eigenvalue weighted by molar-refractivity contribution is 5.87. The molecule has 1 fully saturated rings. The van der Waals surface area contributed by atoms with E-state index in [2.05, 4.69) is 0 Å². The van der Waals surface area contributed by atoms with Crippen molar-refractivity contribution in [3.8, 4) is 0 Å². The van der Waals surface area contributed by atoms with Crippen molar-refractivity contribution < 1.29 is 9.90 Å². The molecule has 1 aliphatic rings. The number of nitrogens with zero attached hydrogens (tertiary/aromatic N) is 1. The van der Waals surface area contributed by atoms with Gasteiger partial charge in [-0.05, 0) is 38.7 Å². The molecule has 1 saturated carbocycles. The van der Waals surface area contributed by atoms with Crippen molar-refractivity contribution in [1.29, 1.82) is 0 Å². The zero-order chi connectivity index (χ0) is 11.9. The molecule has 0 aromatic carbocycles. The molecule has 0 unspecified atom stereocenters. The monoisotopic (exact) mass is 221 g/mol. The molecule has 1 aliphatic carbocycles. The van der Waals surface area contributed by atoms with E-state index in [4.69, 9.17) is 5.11 Å². The van der Waals surface area contributed by atoms with E-state index in [1.54, 1.807) is 10.6 Å². The van der Waals surface area contributed by atoms with Crippen LogP contribution < -0.4 is 5.56 Å². The van der Waals surface area contributed by atoms with Crippen LogP contribution in [0.3, 0.4) is 0 Å². The summed E-state index contributed by atoms with van der Waals surface area (Å²) in [6.45, 7) is 3.88. The SMILES string of the molecule is CC(C)n1c(C2CC2)cc(C(=O)O)cc1=O. The first-order valence-corrected chi connectivity index (χ1v) is 5.50. The summed E-state index contributed by atoms with van der Waals surface area (Å²) >= 11 is 0. The number of pyridine rings is 1. The predicted molar refractivity (Wildman–Crippen MR) is 60.0 cm³/mol. The number of carboxylic acid groups (broad SMARTS) is 1. The zero-order valence-electron chi connectivity index (χ0n) is 9.43. The first-order chi connectivity index (χ1) is 7.50. The fourth-order valence-electron chi connectivity index (χ4n) is 1.97. The molecule has 1 aromatic heterocycles. The van der Waals surface area contributed by atoms with E-state index in [9.17, 15) is 9.59 Å². The Kier molecular flexibility index (Phi) is 2.58. The molecule has 4 heteroatoms. The molecule has 16 heavy (non-hydrogen) atoms. The van der Waals surface area contributed by atoms with E-state index in [1.807, 2.05) is 13.8 Å². The van der Waals surface area contributed by atoms with E-state index < -0.39 is 5.97 Å². The van der Waals surface area contributed by atoms with Crippen LogP contribution in [0.4, 0.5) is 0 Å². The molecule has 0 bridgehead atoms. The van der Waals surface area contributed by atoms with Gasteiger partial charge < -0.3 is 9.67 Å². The largest absolute Gasteiger partial charge is 0.478 e. The maximum Gasteiger partial charge on any atom is 0.335 e. The second-order valence-electron chi connectivity index (χ2n) is 4.55. The number of aromatic nitrogens is 1. The van der Waals surface area contributed by atoms with Gasteiger partial charge in [0.2, 0.25) is 0 Å². The number of hydrogen-bond donors (Lipinski definition) is 1. The van der Waals surface area contributed by atoms with Crippen LogP contribution in [0.25, 0.3) is 0 Å². The summed E-state index contributed by atoms with van der Waals surface area (Å²) in [5, 5.41) is 8.92. The molecule has 0 amide bonds. The first kappa shape index (κ1) is 10.9. The lowest BCUT2D eigenvalue weighted by molar-refractivity contribution is 0.0696. The Bertz CT molecular complexity index is 484. The Morgan fingerprint density at radius 2 is 2.06 bits per heavy atom. The third-order valence-electron chi connectivity index (χ3n) is 2.86. The van der Waals surface area contributed by atoms with Gasteiger partial charge in [0.15, 0.2) is 0 Å². The van der Waals surface area contributed by atoms with Crippen molar-refractivity contribution in [3.05, 3.63) is 33.7 Å². The normalized spacial score (nSPS) is 15.4. The van der Waals surface area contributed by atoms with Crippen molar-refractivity contribution >= 4 is 5.97 Å². The van der Waals surface area contributed by atoms with E-state index in [1.165, 1.54) is 6.07 Å². The van der Waals surface area contributed by atoms with Gasteiger partial charge >= 0.3 is 5.97 Å².